The van der Waals surface area contributed by atoms with Gasteiger partial charge in [0.2, 0.25) is 5.95 Å². The molecule has 1 aromatic heterocycles. The fraction of sp³-hybridized carbons (Fsp3) is 0.167. The number of pyridine rings is 1. The molecule has 0 aliphatic rings. The van der Waals surface area contributed by atoms with Crippen molar-refractivity contribution in [3.63, 3.8) is 0 Å². The van der Waals surface area contributed by atoms with Crippen molar-refractivity contribution in [1.29, 1.82) is 0 Å². The Bertz CT molecular complexity index is 264. The molecule has 0 aliphatic heterocycles. The molecule has 0 radical (unpaired) electrons. The standard InChI is InChI=1S/C6H3ClF3N/c7-5-3(6(9)10)1-2-4(8)11-5/h1-2,6H. The van der Waals surface area contributed by atoms with Gasteiger partial charge in [-0.3, -0.25) is 0 Å². The lowest BCUT2D eigenvalue weighted by Gasteiger charge is -1.99. The molecule has 60 valence electrons. The number of nitrogens with zero attached hydrogens (tertiary/aromatic N) is 1. The molecule has 11 heavy (non-hydrogen) atoms. The van der Waals surface area contributed by atoms with E-state index in [1.54, 1.807) is 0 Å². The fourth-order valence-corrected chi connectivity index (χ4v) is 0.812. The van der Waals surface area contributed by atoms with Crippen molar-refractivity contribution in [2.24, 2.45) is 0 Å². The molecule has 0 N–H and O–H groups in total. The first-order valence-corrected chi connectivity index (χ1v) is 3.09. The van der Waals surface area contributed by atoms with Crippen LogP contribution in [0, 0.1) is 5.95 Å². The number of halogens is 4. The monoisotopic (exact) mass is 181 g/mol. The minimum Gasteiger partial charge on any atom is -0.207 e. The van der Waals surface area contributed by atoms with E-state index in [1.165, 1.54) is 0 Å². The first-order chi connectivity index (χ1) is 5.11. The van der Waals surface area contributed by atoms with Crippen molar-refractivity contribution in [2.45, 2.75) is 6.43 Å². The van der Waals surface area contributed by atoms with Gasteiger partial charge in [-0.25, -0.2) is 13.8 Å². The molecule has 5 heteroatoms. The van der Waals surface area contributed by atoms with E-state index in [9.17, 15) is 13.2 Å². The van der Waals surface area contributed by atoms with Crippen LogP contribution < -0.4 is 0 Å². The second-order valence-corrected chi connectivity index (χ2v) is 2.17. The van der Waals surface area contributed by atoms with Crippen molar-refractivity contribution in [3.8, 4) is 0 Å². The number of aromatic nitrogens is 1. The van der Waals surface area contributed by atoms with E-state index < -0.39 is 23.1 Å². The van der Waals surface area contributed by atoms with Gasteiger partial charge in [0.15, 0.2) is 0 Å². The largest absolute Gasteiger partial charge is 0.266 e. The molecule has 0 amide bonds. The molecule has 0 aromatic carbocycles. The molecule has 1 heterocycles. The molecule has 0 atom stereocenters. The highest BCUT2D eigenvalue weighted by Gasteiger charge is 2.12. The summed E-state index contributed by atoms with van der Waals surface area (Å²) < 4.78 is 36.0. The predicted molar refractivity (Wildman–Crippen MR) is 34.2 cm³/mol. The van der Waals surface area contributed by atoms with Gasteiger partial charge in [0, 0.05) is 0 Å². The van der Waals surface area contributed by atoms with Crippen LogP contribution >= 0.6 is 11.6 Å². The Kier molecular flexibility index (Phi) is 2.34. The Morgan fingerprint density at radius 3 is 2.45 bits per heavy atom. The normalized spacial score (nSPS) is 10.6. The summed E-state index contributed by atoms with van der Waals surface area (Å²) in [6, 6.07) is 1.75. The second-order valence-electron chi connectivity index (χ2n) is 1.81. The summed E-state index contributed by atoms with van der Waals surface area (Å²) in [5, 5.41) is -0.486. The average molecular weight is 182 g/mol. The van der Waals surface area contributed by atoms with Crippen LogP contribution in [0.3, 0.4) is 0 Å². The Morgan fingerprint density at radius 2 is 2.00 bits per heavy atom. The Hall–Kier alpha value is -0.770. The third kappa shape index (κ3) is 1.83. The number of hydrogen-bond acceptors (Lipinski definition) is 1. The van der Waals surface area contributed by atoms with Gasteiger partial charge >= 0.3 is 0 Å². The van der Waals surface area contributed by atoms with Crippen LogP contribution in [0.4, 0.5) is 13.2 Å². The minimum absolute atomic E-state index is 0.451. The Labute approximate surface area is 65.8 Å². The molecule has 0 saturated heterocycles. The predicted octanol–water partition coefficient (Wildman–Crippen LogP) is 2.81. The lowest BCUT2D eigenvalue weighted by molar-refractivity contribution is 0.151. The van der Waals surface area contributed by atoms with Crippen molar-refractivity contribution in [2.75, 3.05) is 0 Å². The zero-order valence-corrected chi connectivity index (χ0v) is 5.95. The van der Waals surface area contributed by atoms with Gasteiger partial charge in [0.05, 0.1) is 5.56 Å². The smallest absolute Gasteiger partial charge is 0.207 e. The molecule has 1 rings (SSSR count). The van der Waals surface area contributed by atoms with Crippen molar-refractivity contribution in [3.05, 3.63) is 28.8 Å². The van der Waals surface area contributed by atoms with Crippen molar-refractivity contribution < 1.29 is 13.2 Å². The zero-order valence-electron chi connectivity index (χ0n) is 5.19. The number of alkyl halides is 2. The van der Waals surface area contributed by atoms with Gasteiger partial charge in [0.1, 0.15) is 5.15 Å². The molecule has 0 unspecified atom stereocenters. The van der Waals surface area contributed by atoms with Crippen molar-refractivity contribution >= 4 is 11.6 Å². The zero-order chi connectivity index (χ0) is 8.43. The highest BCUT2D eigenvalue weighted by molar-refractivity contribution is 6.30. The van der Waals surface area contributed by atoms with Gasteiger partial charge < -0.3 is 0 Å². The van der Waals surface area contributed by atoms with Crippen LogP contribution in [-0.4, -0.2) is 4.98 Å². The quantitative estimate of drug-likeness (QED) is 0.607. The summed E-state index contributed by atoms with van der Waals surface area (Å²) in [5.74, 6) is -0.862. The van der Waals surface area contributed by atoms with Crippen LogP contribution in [0.5, 0.6) is 0 Å². The number of hydrogen-bond donors (Lipinski definition) is 0. The van der Waals surface area contributed by atoms with E-state index in [0.717, 1.165) is 12.1 Å². The summed E-state index contributed by atoms with van der Waals surface area (Å²) in [4.78, 5) is 3.01. The van der Waals surface area contributed by atoms with Crippen molar-refractivity contribution in [1.82, 2.24) is 4.98 Å². The first kappa shape index (κ1) is 8.33. The van der Waals surface area contributed by atoms with Gasteiger partial charge in [-0.2, -0.15) is 4.39 Å². The Balaban J connectivity index is 3.09. The van der Waals surface area contributed by atoms with Gasteiger partial charge in [-0.1, -0.05) is 11.6 Å². The van der Waals surface area contributed by atoms with Gasteiger partial charge in [0.25, 0.3) is 6.43 Å². The van der Waals surface area contributed by atoms with E-state index in [0.29, 0.717) is 0 Å². The molecule has 0 saturated carbocycles. The Morgan fingerprint density at radius 1 is 1.36 bits per heavy atom. The maximum absolute atomic E-state index is 12.2. The van der Waals surface area contributed by atoms with E-state index in [-0.39, 0.29) is 0 Å². The molecule has 0 fully saturated rings. The van der Waals surface area contributed by atoms with Crippen LogP contribution in [0.25, 0.3) is 0 Å². The average Bonchev–Trinajstić information content (AvgIpc) is 1.85. The molecule has 1 nitrogen and oxygen atoms in total. The van der Waals surface area contributed by atoms with Crippen LogP contribution in [0.2, 0.25) is 5.15 Å². The second kappa shape index (κ2) is 3.09. The van der Waals surface area contributed by atoms with Crippen LogP contribution in [-0.2, 0) is 0 Å². The molecule has 0 aliphatic carbocycles. The number of rotatable bonds is 1. The van der Waals surface area contributed by atoms with Gasteiger partial charge in [-0.15, -0.1) is 0 Å². The summed E-state index contributed by atoms with van der Waals surface area (Å²) in [6.45, 7) is 0. The highest BCUT2D eigenvalue weighted by atomic mass is 35.5. The summed E-state index contributed by atoms with van der Waals surface area (Å²) in [5.41, 5.74) is -0.451. The van der Waals surface area contributed by atoms with E-state index in [2.05, 4.69) is 4.98 Å². The lowest BCUT2D eigenvalue weighted by Crippen LogP contribution is -1.91. The molecule has 0 bridgehead atoms. The molecular weight excluding hydrogens is 179 g/mol. The SMILES string of the molecule is Fc1ccc(C(F)F)c(Cl)n1. The highest BCUT2D eigenvalue weighted by Crippen LogP contribution is 2.24. The maximum Gasteiger partial charge on any atom is 0.266 e. The van der Waals surface area contributed by atoms with E-state index in [4.69, 9.17) is 11.6 Å². The maximum atomic E-state index is 12.2. The lowest BCUT2D eigenvalue weighted by atomic mass is 10.3. The summed E-state index contributed by atoms with van der Waals surface area (Å²) in [6.07, 6.45) is -2.71. The van der Waals surface area contributed by atoms with Crippen LogP contribution in [0.15, 0.2) is 12.1 Å². The molecular formula is C6H3ClF3N. The van der Waals surface area contributed by atoms with Gasteiger partial charge in [-0.05, 0) is 12.1 Å². The minimum atomic E-state index is -2.71. The first-order valence-electron chi connectivity index (χ1n) is 2.71. The summed E-state index contributed by atoms with van der Waals surface area (Å²) in [7, 11) is 0. The third-order valence-corrected chi connectivity index (χ3v) is 1.38. The van der Waals surface area contributed by atoms with E-state index >= 15 is 0 Å². The summed E-state index contributed by atoms with van der Waals surface area (Å²) >= 11 is 5.19. The molecule has 1 aromatic rings. The van der Waals surface area contributed by atoms with Crippen LogP contribution in [0.1, 0.15) is 12.0 Å². The van der Waals surface area contributed by atoms with E-state index in [1.807, 2.05) is 0 Å². The topological polar surface area (TPSA) is 12.9 Å². The third-order valence-electron chi connectivity index (χ3n) is 1.08. The molecule has 0 spiro atoms. The fourth-order valence-electron chi connectivity index (χ4n) is 0.586.